The Morgan fingerprint density at radius 1 is 1.00 bits per heavy atom. The van der Waals surface area contributed by atoms with Crippen LogP contribution >= 0.6 is 0 Å². The second kappa shape index (κ2) is 8.82. The fourth-order valence-corrected chi connectivity index (χ4v) is 3.96. The van der Waals surface area contributed by atoms with E-state index < -0.39 is 10.0 Å². The van der Waals surface area contributed by atoms with Gasteiger partial charge in [0, 0.05) is 24.9 Å². The largest absolute Gasteiger partial charge is 0.497 e. The lowest BCUT2D eigenvalue weighted by Gasteiger charge is -2.18. The topological polar surface area (TPSA) is 68.2 Å². The molecule has 0 amide bonds. The zero-order valence-electron chi connectivity index (χ0n) is 15.5. The van der Waals surface area contributed by atoms with E-state index >= 15 is 0 Å². The predicted octanol–water partition coefficient (Wildman–Crippen LogP) is 3.48. The number of methoxy groups -OCH3 is 2. The summed E-state index contributed by atoms with van der Waals surface area (Å²) in [6.45, 7) is 4.52. The van der Waals surface area contributed by atoms with Crippen LogP contribution in [0.2, 0.25) is 0 Å². The zero-order valence-corrected chi connectivity index (χ0v) is 16.3. The number of benzene rings is 2. The molecule has 140 valence electrons. The number of hydrogen-bond donors (Lipinski definition) is 0. The van der Waals surface area contributed by atoms with Gasteiger partial charge in [-0.05, 0) is 42.5 Å². The van der Waals surface area contributed by atoms with Gasteiger partial charge in [0.05, 0.1) is 24.8 Å². The van der Waals surface area contributed by atoms with Crippen LogP contribution in [0.25, 0.3) is 0 Å². The summed E-state index contributed by atoms with van der Waals surface area (Å²) in [6, 6.07) is 11.9. The van der Waals surface area contributed by atoms with Gasteiger partial charge in [0.1, 0.15) is 11.5 Å². The maximum Gasteiger partial charge on any atom is 0.243 e. The Balaban J connectivity index is 2.26. The first kappa shape index (κ1) is 19.9. The smallest absolute Gasteiger partial charge is 0.243 e. The van der Waals surface area contributed by atoms with E-state index in [9.17, 15) is 8.42 Å². The maximum absolute atomic E-state index is 12.5. The van der Waals surface area contributed by atoms with Gasteiger partial charge in [-0.2, -0.15) is 4.31 Å². The molecule has 0 saturated heterocycles. The van der Waals surface area contributed by atoms with Gasteiger partial charge in [0.25, 0.3) is 0 Å². The minimum Gasteiger partial charge on any atom is -0.497 e. The lowest BCUT2D eigenvalue weighted by Crippen LogP contribution is -2.30. The van der Waals surface area contributed by atoms with Crippen LogP contribution in [0, 0.1) is 0 Å². The predicted molar refractivity (Wildman–Crippen MR) is 103 cm³/mol. The van der Waals surface area contributed by atoms with Gasteiger partial charge in [0.2, 0.25) is 10.0 Å². The van der Waals surface area contributed by atoms with Crippen LogP contribution in [-0.2, 0) is 10.0 Å². The van der Waals surface area contributed by atoms with E-state index in [1.807, 2.05) is 26.0 Å². The monoisotopic (exact) mass is 376 g/mol. The van der Waals surface area contributed by atoms with Crippen molar-refractivity contribution in [3.63, 3.8) is 0 Å². The zero-order chi connectivity index (χ0) is 19.2. The van der Waals surface area contributed by atoms with Gasteiger partial charge in [0.15, 0.2) is 0 Å². The summed E-state index contributed by atoms with van der Waals surface area (Å²) in [4.78, 5) is 4.66. The van der Waals surface area contributed by atoms with Crippen LogP contribution in [0.15, 0.2) is 52.4 Å². The van der Waals surface area contributed by atoms with Gasteiger partial charge in [-0.25, -0.2) is 8.42 Å². The molecule has 0 atom stereocenters. The van der Waals surface area contributed by atoms with Crippen molar-refractivity contribution in [2.75, 3.05) is 27.3 Å². The maximum atomic E-state index is 12.5. The van der Waals surface area contributed by atoms with Gasteiger partial charge in [-0.15, -0.1) is 0 Å². The van der Waals surface area contributed by atoms with Crippen molar-refractivity contribution < 1.29 is 17.9 Å². The van der Waals surface area contributed by atoms with Crippen LogP contribution in [0.1, 0.15) is 19.4 Å². The van der Waals surface area contributed by atoms with E-state index in [4.69, 9.17) is 9.47 Å². The Morgan fingerprint density at radius 3 is 2.19 bits per heavy atom. The number of ether oxygens (including phenoxy) is 2. The van der Waals surface area contributed by atoms with Crippen LogP contribution in [0.3, 0.4) is 0 Å². The number of hydrogen-bond acceptors (Lipinski definition) is 5. The van der Waals surface area contributed by atoms with Crippen LogP contribution in [0.4, 0.5) is 5.69 Å². The molecule has 0 fully saturated rings. The number of sulfonamides is 1. The fraction of sp³-hybridized carbons (Fsp3) is 0.316. The third-order valence-electron chi connectivity index (χ3n) is 3.97. The minimum atomic E-state index is -3.46. The summed E-state index contributed by atoms with van der Waals surface area (Å²) < 4.78 is 36.9. The van der Waals surface area contributed by atoms with Crippen molar-refractivity contribution >= 4 is 21.9 Å². The molecule has 0 aliphatic heterocycles. The highest BCUT2D eigenvalue weighted by Crippen LogP contribution is 2.24. The number of nitrogens with zero attached hydrogens (tertiary/aromatic N) is 2. The van der Waals surface area contributed by atoms with Crippen molar-refractivity contribution in [1.82, 2.24) is 4.31 Å². The fourth-order valence-electron chi connectivity index (χ4n) is 2.50. The molecule has 7 heteroatoms. The molecule has 26 heavy (non-hydrogen) atoms. The summed E-state index contributed by atoms with van der Waals surface area (Å²) in [7, 11) is -0.275. The molecular formula is C19H24N2O4S. The van der Waals surface area contributed by atoms with E-state index in [-0.39, 0.29) is 4.90 Å². The normalized spacial score (nSPS) is 11.9. The highest BCUT2D eigenvalue weighted by Gasteiger charge is 2.21. The average molecular weight is 376 g/mol. The second-order valence-electron chi connectivity index (χ2n) is 5.45. The molecule has 0 spiro atoms. The van der Waals surface area contributed by atoms with E-state index in [1.165, 1.54) is 4.31 Å². The molecule has 0 aromatic heterocycles. The quantitative estimate of drug-likeness (QED) is 0.662. The molecule has 0 radical (unpaired) electrons. The molecule has 0 heterocycles. The summed E-state index contributed by atoms with van der Waals surface area (Å²) in [5.41, 5.74) is 1.42. The highest BCUT2D eigenvalue weighted by molar-refractivity contribution is 7.89. The van der Waals surface area contributed by atoms with Crippen molar-refractivity contribution in [3.05, 3.63) is 48.0 Å². The van der Waals surface area contributed by atoms with Gasteiger partial charge in [-0.3, -0.25) is 4.99 Å². The van der Waals surface area contributed by atoms with Gasteiger partial charge >= 0.3 is 0 Å². The Hall–Kier alpha value is -2.38. The van der Waals surface area contributed by atoms with E-state index in [1.54, 1.807) is 50.8 Å². The molecule has 0 unspecified atom stereocenters. The Bertz CT molecular complexity index is 858. The van der Waals surface area contributed by atoms with E-state index in [0.717, 1.165) is 5.56 Å². The molecule has 2 rings (SSSR count). The molecule has 0 saturated carbocycles. The Labute approximate surface area is 155 Å². The SMILES string of the molecule is CCN(CC)S(=O)(=O)c1ccc(N=Cc2cc(OC)ccc2OC)cc1. The lowest BCUT2D eigenvalue weighted by molar-refractivity contribution is 0.402. The molecule has 2 aromatic carbocycles. The first-order valence-corrected chi connectivity index (χ1v) is 9.76. The van der Waals surface area contributed by atoms with Crippen molar-refractivity contribution in [2.45, 2.75) is 18.7 Å². The molecule has 0 aliphatic carbocycles. The van der Waals surface area contributed by atoms with Gasteiger partial charge < -0.3 is 9.47 Å². The molecule has 0 bridgehead atoms. The lowest BCUT2D eigenvalue weighted by atomic mass is 10.2. The van der Waals surface area contributed by atoms with Crippen molar-refractivity contribution in [1.29, 1.82) is 0 Å². The van der Waals surface area contributed by atoms with E-state index in [2.05, 4.69) is 4.99 Å². The molecular weight excluding hydrogens is 352 g/mol. The van der Waals surface area contributed by atoms with Crippen molar-refractivity contribution in [3.8, 4) is 11.5 Å². The second-order valence-corrected chi connectivity index (χ2v) is 7.39. The van der Waals surface area contributed by atoms with Gasteiger partial charge in [-0.1, -0.05) is 13.8 Å². The summed E-state index contributed by atoms with van der Waals surface area (Å²) in [6.07, 6.45) is 1.66. The molecule has 0 aliphatic rings. The third kappa shape index (κ3) is 4.42. The van der Waals surface area contributed by atoms with Crippen LogP contribution in [0.5, 0.6) is 11.5 Å². The molecule has 0 N–H and O–H groups in total. The molecule has 6 nitrogen and oxygen atoms in total. The first-order valence-electron chi connectivity index (χ1n) is 8.32. The van der Waals surface area contributed by atoms with Crippen molar-refractivity contribution in [2.24, 2.45) is 4.99 Å². The average Bonchev–Trinajstić information content (AvgIpc) is 2.67. The van der Waals surface area contributed by atoms with Crippen LogP contribution < -0.4 is 9.47 Å². The summed E-state index contributed by atoms with van der Waals surface area (Å²) in [5, 5.41) is 0. The molecule has 2 aromatic rings. The standard InChI is InChI=1S/C19H24N2O4S/c1-5-21(6-2)26(22,23)18-10-7-16(8-11-18)20-14-15-13-17(24-3)9-12-19(15)25-4/h7-14H,5-6H2,1-4H3. The summed E-state index contributed by atoms with van der Waals surface area (Å²) in [5.74, 6) is 1.38. The van der Waals surface area contributed by atoms with E-state index in [0.29, 0.717) is 30.3 Å². The third-order valence-corrected chi connectivity index (χ3v) is 6.03. The van der Waals surface area contributed by atoms with Crippen LogP contribution in [-0.4, -0.2) is 46.2 Å². The Morgan fingerprint density at radius 2 is 1.65 bits per heavy atom. The number of rotatable bonds is 8. The Kier molecular flexibility index (Phi) is 6.76. The summed E-state index contributed by atoms with van der Waals surface area (Å²) >= 11 is 0. The minimum absolute atomic E-state index is 0.263. The highest BCUT2D eigenvalue weighted by atomic mass is 32.2. The number of aliphatic imine (C=N–C) groups is 1. The first-order chi connectivity index (χ1) is 12.5.